The molecule has 0 saturated carbocycles. The van der Waals surface area contributed by atoms with Crippen LogP contribution < -0.4 is 0 Å². The Morgan fingerprint density at radius 3 is 1.42 bits per heavy atom. The number of halogens is 6. The summed E-state index contributed by atoms with van der Waals surface area (Å²) in [7, 11) is 0. The van der Waals surface area contributed by atoms with Crippen LogP contribution in [0.5, 0.6) is 0 Å². The van der Waals surface area contributed by atoms with E-state index < -0.39 is 35.4 Å². The van der Waals surface area contributed by atoms with Gasteiger partial charge in [0.15, 0.2) is 0 Å². The highest BCUT2D eigenvalue weighted by Crippen LogP contribution is 2.23. The van der Waals surface area contributed by atoms with Crippen LogP contribution in [0.15, 0.2) is 36.4 Å². The fourth-order valence-electron chi connectivity index (χ4n) is 1.42. The number of carbonyl (C=O) groups is 2. The molecule has 24 heavy (non-hydrogen) atoms. The molecule has 1 aromatic rings. The zero-order chi connectivity index (χ0) is 18.7. The van der Waals surface area contributed by atoms with Gasteiger partial charge in [0, 0.05) is 23.3 Å². The molecule has 0 aliphatic carbocycles. The second-order valence-electron chi connectivity index (χ2n) is 4.36. The molecule has 0 aliphatic rings. The Morgan fingerprint density at radius 2 is 1.12 bits per heavy atom. The lowest BCUT2D eigenvalue weighted by Crippen LogP contribution is -2.20. The zero-order valence-corrected chi connectivity index (χ0v) is 11.4. The van der Waals surface area contributed by atoms with Crippen LogP contribution in [0, 0.1) is 0 Å². The van der Waals surface area contributed by atoms with Gasteiger partial charge in [-0.15, -0.1) is 0 Å². The number of benzene rings is 1. The Bertz CT molecular complexity index is 655. The number of aliphatic hydroxyl groups excluding tert-OH is 2. The van der Waals surface area contributed by atoms with E-state index in [1.165, 1.54) is 0 Å². The van der Waals surface area contributed by atoms with Gasteiger partial charge in [-0.05, 0) is 6.07 Å². The van der Waals surface area contributed by atoms with Crippen LogP contribution >= 0.6 is 0 Å². The highest BCUT2D eigenvalue weighted by atomic mass is 19.4. The molecule has 0 bridgehead atoms. The van der Waals surface area contributed by atoms with E-state index >= 15 is 0 Å². The minimum Gasteiger partial charge on any atom is -0.507 e. The van der Waals surface area contributed by atoms with E-state index in [1.54, 1.807) is 0 Å². The highest BCUT2D eigenvalue weighted by Gasteiger charge is 2.37. The van der Waals surface area contributed by atoms with E-state index in [-0.39, 0.29) is 23.3 Å². The van der Waals surface area contributed by atoms with E-state index in [2.05, 4.69) is 0 Å². The quantitative estimate of drug-likeness (QED) is 0.491. The fourth-order valence-corrected chi connectivity index (χ4v) is 1.42. The van der Waals surface area contributed by atoms with Crippen molar-refractivity contribution in [2.45, 2.75) is 12.4 Å². The van der Waals surface area contributed by atoms with Gasteiger partial charge in [0.25, 0.3) is 11.6 Å². The third-order valence-electron chi connectivity index (χ3n) is 2.55. The summed E-state index contributed by atoms with van der Waals surface area (Å²) >= 11 is 0. The molecule has 0 saturated heterocycles. The van der Waals surface area contributed by atoms with Crippen LogP contribution in [-0.2, 0) is 9.59 Å². The van der Waals surface area contributed by atoms with Gasteiger partial charge in [0.1, 0.15) is 11.5 Å². The van der Waals surface area contributed by atoms with Gasteiger partial charge in [-0.2, -0.15) is 26.3 Å². The van der Waals surface area contributed by atoms with Gasteiger partial charge in [0.2, 0.25) is 0 Å². The maximum atomic E-state index is 12.1. The minimum atomic E-state index is -5.22. The molecule has 2 N–H and O–H groups in total. The van der Waals surface area contributed by atoms with E-state index in [0.29, 0.717) is 0 Å². The summed E-state index contributed by atoms with van der Waals surface area (Å²) in [5, 5.41) is 18.9. The summed E-state index contributed by atoms with van der Waals surface area (Å²) in [6.45, 7) is 0. The monoisotopic (exact) mass is 354 g/mol. The van der Waals surface area contributed by atoms with Crippen molar-refractivity contribution in [3.05, 3.63) is 47.5 Å². The van der Waals surface area contributed by atoms with Crippen LogP contribution in [0.2, 0.25) is 0 Å². The van der Waals surface area contributed by atoms with Crippen molar-refractivity contribution in [1.29, 1.82) is 0 Å². The Balaban J connectivity index is 3.15. The minimum absolute atomic E-state index is 0.124. The molecule has 0 spiro atoms. The number of hydrogen-bond acceptors (Lipinski definition) is 4. The molecule has 130 valence electrons. The third kappa shape index (κ3) is 5.14. The summed E-state index contributed by atoms with van der Waals surface area (Å²) in [5.74, 6) is -6.93. The smallest absolute Gasteiger partial charge is 0.454 e. The summed E-state index contributed by atoms with van der Waals surface area (Å²) in [5.41, 5.74) is -0.769. The maximum Gasteiger partial charge on any atom is 0.454 e. The second-order valence-corrected chi connectivity index (χ2v) is 4.36. The van der Waals surface area contributed by atoms with Crippen LogP contribution in [0.1, 0.15) is 11.1 Å². The van der Waals surface area contributed by atoms with E-state index in [1.807, 2.05) is 0 Å². The van der Waals surface area contributed by atoms with Gasteiger partial charge in [0.05, 0.1) is 0 Å². The first kappa shape index (κ1) is 19.3. The SMILES string of the molecule is O=C(/C=C(\O)c1cccc(/C(O)=C/C(=O)C(F)(F)F)c1)C(F)(F)F. The van der Waals surface area contributed by atoms with Gasteiger partial charge in [-0.1, -0.05) is 18.2 Å². The molecule has 0 atom stereocenters. The first-order chi connectivity index (χ1) is 10.8. The average Bonchev–Trinajstić information content (AvgIpc) is 2.45. The Hall–Kier alpha value is -2.78. The normalized spacial score (nSPS) is 13.8. The van der Waals surface area contributed by atoms with Crippen LogP contribution in [-0.4, -0.2) is 34.1 Å². The van der Waals surface area contributed by atoms with Gasteiger partial charge in [-0.25, -0.2) is 0 Å². The fraction of sp³-hybridized carbons (Fsp3) is 0.143. The van der Waals surface area contributed by atoms with Crippen LogP contribution in [0.3, 0.4) is 0 Å². The van der Waals surface area contributed by atoms with E-state index in [9.17, 15) is 46.1 Å². The number of ketones is 2. The molecule has 0 aromatic heterocycles. The van der Waals surface area contributed by atoms with Gasteiger partial charge >= 0.3 is 12.4 Å². The average molecular weight is 354 g/mol. The molecule has 0 amide bonds. The molecule has 1 rings (SSSR count). The lowest BCUT2D eigenvalue weighted by molar-refractivity contribution is -0.165. The van der Waals surface area contributed by atoms with E-state index in [0.717, 1.165) is 24.3 Å². The largest absolute Gasteiger partial charge is 0.507 e. The molecule has 0 fully saturated rings. The Morgan fingerprint density at radius 1 is 0.792 bits per heavy atom. The third-order valence-corrected chi connectivity index (χ3v) is 2.55. The van der Waals surface area contributed by atoms with Crippen LogP contribution in [0.25, 0.3) is 11.5 Å². The lowest BCUT2D eigenvalue weighted by atomic mass is 10.1. The Labute approximate surface area is 130 Å². The van der Waals surface area contributed by atoms with Crippen molar-refractivity contribution in [2.75, 3.05) is 0 Å². The van der Waals surface area contributed by atoms with Crippen molar-refractivity contribution in [1.82, 2.24) is 0 Å². The van der Waals surface area contributed by atoms with Gasteiger partial charge < -0.3 is 10.2 Å². The van der Waals surface area contributed by atoms with Gasteiger partial charge in [-0.3, -0.25) is 9.59 Å². The summed E-state index contributed by atoms with van der Waals surface area (Å²) in [6, 6.07) is 3.95. The summed E-state index contributed by atoms with van der Waals surface area (Å²) in [6.07, 6.45) is -10.7. The predicted octanol–water partition coefficient (Wildman–Crippen LogP) is 3.75. The lowest BCUT2D eigenvalue weighted by Gasteiger charge is -2.06. The molecular formula is C14H8F6O4. The maximum absolute atomic E-state index is 12.1. The number of allylic oxidation sites excluding steroid dienone is 2. The first-order valence-electron chi connectivity index (χ1n) is 5.97. The molecule has 0 heterocycles. The van der Waals surface area contributed by atoms with Crippen LogP contribution in [0.4, 0.5) is 26.3 Å². The summed E-state index contributed by atoms with van der Waals surface area (Å²) in [4.78, 5) is 21.5. The second kappa shape index (κ2) is 6.77. The number of hydrogen-bond donors (Lipinski definition) is 2. The zero-order valence-electron chi connectivity index (χ0n) is 11.4. The van der Waals surface area contributed by atoms with E-state index in [4.69, 9.17) is 0 Å². The van der Waals surface area contributed by atoms with Crippen molar-refractivity contribution in [2.24, 2.45) is 0 Å². The molecule has 0 unspecified atom stereocenters. The topological polar surface area (TPSA) is 74.6 Å². The molecule has 10 heteroatoms. The predicted molar refractivity (Wildman–Crippen MR) is 69.8 cm³/mol. The molecular weight excluding hydrogens is 346 g/mol. The molecule has 4 nitrogen and oxygen atoms in total. The number of carbonyl (C=O) groups excluding carboxylic acids is 2. The number of alkyl halides is 6. The molecule has 1 aromatic carbocycles. The Kier molecular flexibility index (Phi) is 5.43. The van der Waals surface area contributed by atoms with Crippen molar-refractivity contribution >= 4 is 23.1 Å². The van der Waals surface area contributed by atoms with Crippen molar-refractivity contribution < 1.29 is 46.1 Å². The molecule has 0 aliphatic heterocycles. The number of rotatable bonds is 4. The molecule has 0 radical (unpaired) electrons. The first-order valence-corrected chi connectivity index (χ1v) is 5.97. The standard InChI is InChI=1S/C14H8F6O4/c15-13(16,17)11(23)5-9(21)7-2-1-3-8(4-7)10(22)6-12(24)14(18,19)20/h1-6,21-22H/b9-5-,10-6-. The summed E-state index contributed by atoms with van der Waals surface area (Å²) < 4.78 is 72.5. The van der Waals surface area contributed by atoms with Crippen molar-refractivity contribution in [3.8, 4) is 0 Å². The highest BCUT2D eigenvalue weighted by molar-refractivity contribution is 6.00. The van der Waals surface area contributed by atoms with Crippen molar-refractivity contribution in [3.63, 3.8) is 0 Å². The number of aliphatic hydroxyl groups is 2.